The largest absolute Gasteiger partial charge is 0.481 e. The molecule has 100 valence electrons. The second-order valence-corrected chi connectivity index (χ2v) is 4.48. The van der Waals surface area contributed by atoms with E-state index in [2.05, 4.69) is 5.32 Å². The molecule has 1 rings (SSSR count). The van der Waals surface area contributed by atoms with Gasteiger partial charge in [0.15, 0.2) is 6.10 Å². The van der Waals surface area contributed by atoms with Crippen molar-refractivity contribution in [3.05, 3.63) is 29.3 Å². The summed E-state index contributed by atoms with van der Waals surface area (Å²) in [5.41, 5.74) is 7.89. The molecular weight excluding hydrogens is 228 g/mol. The minimum Gasteiger partial charge on any atom is -0.481 e. The van der Waals surface area contributed by atoms with Crippen LogP contribution in [0, 0.1) is 6.92 Å². The lowest BCUT2D eigenvalue weighted by molar-refractivity contribution is -0.127. The second-order valence-electron chi connectivity index (χ2n) is 4.48. The summed E-state index contributed by atoms with van der Waals surface area (Å²) in [4.78, 5) is 11.6. The van der Waals surface area contributed by atoms with Gasteiger partial charge < -0.3 is 15.8 Å². The Kier molecular flexibility index (Phi) is 5.16. The average Bonchev–Trinajstić information content (AvgIpc) is 2.28. The van der Waals surface area contributed by atoms with E-state index in [0.29, 0.717) is 12.3 Å². The number of aryl methyl sites for hydroxylation is 1. The van der Waals surface area contributed by atoms with Gasteiger partial charge in [0, 0.05) is 18.2 Å². The van der Waals surface area contributed by atoms with E-state index < -0.39 is 6.10 Å². The van der Waals surface area contributed by atoms with Crippen molar-refractivity contribution in [1.29, 1.82) is 0 Å². The van der Waals surface area contributed by atoms with Gasteiger partial charge in [-0.05, 0) is 39.3 Å². The molecule has 0 heterocycles. The molecule has 0 spiro atoms. The van der Waals surface area contributed by atoms with Crippen LogP contribution >= 0.6 is 0 Å². The van der Waals surface area contributed by atoms with Gasteiger partial charge in [-0.3, -0.25) is 4.79 Å². The smallest absolute Gasteiger partial charge is 0.260 e. The molecule has 0 aliphatic rings. The number of hydrogen-bond acceptors (Lipinski definition) is 3. The van der Waals surface area contributed by atoms with Crippen LogP contribution in [0.25, 0.3) is 0 Å². The van der Waals surface area contributed by atoms with Crippen molar-refractivity contribution in [3.63, 3.8) is 0 Å². The summed E-state index contributed by atoms with van der Waals surface area (Å²) in [7, 11) is 0. The van der Waals surface area contributed by atoms with Gasteiger partial charge in [0.1, 0.15) is 5.75 Å². The van der Waals surface area contributed by atoms with E-state index in [-0.39, 0.29) is 11.9 Å². The maximum Gasteiger partial charge on any atom is 0.260 e. The number of benzene rings is 1. The summed E-state index contributed by atoms with van der Waals surface area (Å²) in [6.07, 6.45) is -0.524. The summed E-state index contributed by atoms with van der Waals surface area (Å²) in [6, 6.07) is 5.72. The number of hydrogen-bond donors (Lipinski definition) is 2. The van der Waals surface area contributed by atoms with Crippen molar-refractivity contribution >= 4 is 5.91 Å². The van der Waals surface area contributed by atoms with Crippen LogP contribution in [0.4, 0.5) is 0 Å². The fourth-order valence-corrected chi connectivity index (χ4v) is 1.68. The third-order valence-electron chi connectivity index (χ3n) is 2.68. The predicted octanol–water partition coefficient (Wildman–Crippen LogP) is 1.92. The molecule has 1 aromatic carbocycles. The first-order chi connectivity index (χ1) is 8.45. The van der Waals surface area contributed by atoms with Crippen LogP contribution in [0.15, 0.2) is 18.2 Å². The number of nitrogens with two attached hydrogens (primary N) is 1. The van der Waals surface area contributed by atoms with Crippen LogP contribution in [0.5, 0.6) is 5.75 Å². The molecule has 3 N–H and O–H groups in total. The van der Waals surface area contributed by atoms with Crippen LogP contribution in [0.2, 0.25) is 0 Å². The fraction of sp³-hybridized carbons (Fsp3) is 0.500. The van der Waals surface area contributed by atoms with Gasteiger partial charge in [-0.1, -0.05) is 12.1 Å². The van der Waals surface area contributed by atoms with Crippen LogP contribution < -0.4 is 15.8 Å². The number of likely N-dealkylation sites (N-methyl/N-ethyl adjacent to an activating group) is 1. The number of rotatable bonds is 5. The normalized spacial score (nSPS) is 13.8. The summed E-state index contributed by atoms with van der Waals surface area (Å²) in [6.45, 7) is 8.09. The fourth-order valence-electron chi connectivity index (χ4n) is 1.68. The molecule has 0 fully saturated rings. The third-order valence-corrected chi connectivity index (χ3v) is 2.68. The first kappa shape index (κ1) is 14.5. The lowest BCUT2D eigenvalue weighted by Crippen LogP contribution is -2.36. The maximum absolute atomic E-state index is 11.6. The molecule has 0 radical (unpaired) electrons. The Balaban J connectivity index is 2.88. The van der Waals surface area contributed by atoms with Crippen molar-refractivity contribution in [3.8, 4) is 5.75 Å². The zero-order chi connectivity index (χ0) is 13.7. The van der Waals surface area contributed by atoms with Crippen LogP contribution in [0.3, 0.4) is 0 Å². The van der Waals surface area contributed by atoms with E-state index in [1.54, 1.807) is 6.92 Å². The Morgan fingerprint density at radius 3 is 2.67 bits per heavy atom. The van der Waals surface area contributed by atoms with Crippen LogP contribution in [-0.4, -0.2) is 18.6 Å². The number of ether oxygens (including phenoxy) is 1. The Morgan fingerprint density at radius 1 is 1.44 bits per heavy atom. The van der Waals surface area contributed by atoms with Crippen molar-refractivity contribution in [2.24, 2.45) is 5.73 Å². The van der Waals surface area contributed by atoms with Gasteiger partial charge in [-0.2, -0.15) is 0 Å². The molecule has 1 amide bonds. The number of carbonyl (C=O) groups is 1. The van der Waals surface area contributed by atoms with E-state index in [9.17, 15) is 4.79 Å². The number of carbonyl (C=O) groups excluding carboxylic acids is 1. The quantitative estimate of drug-likeness (QED) is 0.839. The maximum atomic E-state index is 11.6. The topological polar surface area (TPSA) is 64.3 Å². The van der Waals surface area contributed by atoms with E-state index in [1.165, 1.54) is 0 Å². The molecule has 4 nitrogen and oxygen atoms in total. The molecule has 0 aromatic heterocycles. The Morgan fingerprint density at radius 2 is 2.11 bits per heavy atom. The first-order valence-electron chi connectivity index (χ1n) is 6.26. The van der Waals surface area contributed by atoms with Crippen molar-refractivity contribution in [1.82, 2.24) is 5.32 Å². The molecule has 0 bridgehead atoms. The van der Waals surface area contributed by atoms with Crippen molar-refractivity contribution < 1.29 is 9.53 Å². The summed E-state index contributed by atoms with van der Waals surface area (Å²) in [5.74, 6) is 0.568. The highest BCUT2D eigenvalue weighted by Crippen LogP contribution is 2.26. The first-order valence-corrected chi connectivity index (χ1v) is 6.26. The minimum absolute atomic E-state index is 0.116. The van der Waals surface area contributed by atoms with Crippen LogP contribution in [-0.2, 0) is 4.79 Å². The molecule has 2 atom stereocenters. The molecule has 4 heteroatoms. The molecule has 0 aliphatic heterocycles. The number of nitrogens with one attached hydrogen (secondary N) is 1. The molecule has 1 unspecified atom stereocenters. The Hall–Kier alpha value is -1.55. The SMILES string of the molecule is CCNC(=O)C(C)Oc1cc(C)ccc1[C@H](C)N. The molecule has 1 aromatic rings. The van der Waals surface area contributed by atoms with E-state index >= 15 is 0 Å². The van der Waals surface area contributed by atoms with E-state index in [4.69, 9.17) is 10.5 Å². The monoisotopic (exact) mass is 250 g/mol. The van der Waals surface area contributed by atoms with Crippen molar-refractivity contribution in [2.45, 2.75) is 39.8 Å². The van der Waals surface area contributed by atoms with E-state index in [0.717, 1.165) is 11.1 Å². The zero-order valence-corrected chi connectivity index (χ0v) is 11.5. The molecule has 0 saturated heterocycles. The van der Waals surface area contributed by atoms with Gasteiger partial charge in [-0.25, -0.2) is 0 Å². The standard InChI is InChI=1S/C14H22N2O2/c1-5-16-14(17)11(4)18-13-8-9(2)6-7-12(13)10(3)15/h6-8,10-11H,5,15H2,1-4H3,(H,16,17)/t10-,11?/m0/s1. The Bertz CT molecular complexity index is 416. The van der Waals surface area contributed by atoms with Gasteiger partial charge in [-0.15, -0.1) is 0 Å². The third kappa shape index (κ3) is 3.74. The average molecular weight is 250 g/mol. The van der Waals surface area contributed by atoms with Crippen LogP contribution in [0.1, 0.15) is 37.9 Å². The van der Waals surface area contributed by atoms with Gasteiger partial charge in [0.05, 0.1) is 0 Å². The summed E-state index contributed by atoms with van der Waals surface area (Å²) < 4.78 is 5.71. The second kappa shape index (κ2) is 6.40. The van der Waals surface area contributed by atoms with Crippen molar-refractivity contribution in [2.75, 3.05) is 6.54 Å². The highest BCUT2D eigenvalue weighted by Gasteiger charge is 2.16. The highest BCUT2D eigenvalue weighted by molar-refractivity contribution is 5.80. The zero-order valence-electron chi connectivity index (χ0n) is 11.5. The van der Waals surface area contributed by atoms with E-state index in [1.807, 2.05) is 39.0 Å². The number of amides is 1. The molecule has 0 saturated carbocycles. The lowest BCUT2D eigenvalue weighted by atomic mass is 10.1. The molecule has 0 aliphatic carbocycles. The molecular formula is C14H22N2O2. The summed E-state index contributed by atoms with van der Waals surface area (Å²) in [5, 5.41) is 2.73. The molecule has 18 heavy (non-hydrogen) atoms. The minimum atomic E-state index is -0.524. The van der Waals surface area contributed by atoms with Gasteiger partial charge >= 0.3 is 0 Å². The lowest BCUT2D eigenvalue weighted by Gasteiger charge is -2.19. The summed E-state index contributed by atoms with van der Waals surface area (Å²) >= 11 is 0. The van der Waals surface area contributed by atoms with Gasteiger partial charge in [0.25, 0.3) is 5.91 Å². The highest BCUT2D eigenvalue weighted by atomic mass is 16.5. The van der Waals surface area contributed by atoms with Gasteiger partial charge in [0.2, 0.25) is 0 Å². The predicted molar refractivity (Wildman–Crippen MR) is 72.6 cm³/mol. The Labute approximate surface area is 109 Å².